The minimum Gasteiger partial charge on any atom is -0.484 e. The SMILES string of the molecule is Cc1c(C)c2ccc(OCC(=O)N3CC[C@@]4(O)CCCC[C@@H]4[C@@H]3c3ccc(Cl)cc3)cc2oc1=O. The van der Waals surface area contributed by atoms with Gasteiger partial charge in [0.05, 0.1) is 11.6 Å². The van der Waals surface area contributed by atoms with E-state index in [4.69, 9.17) is 20.8 Å². The van der Waals surface area contributed by atoms with Gasteiger partial charge in [0.25, 0.3) is 5.91 Å². The Morgan fingerprint density at radius 3 is 2.69 bits per heavy atom. The fourth-order valence-electron chi connectivity index (χ4n) is 5.78. The Balaban J connectivity index is 1.39. The van der Waals surface area contributed by atoms with Crippen molar-refractivity contribution in [2.24, 2.45) is 5.92 Å². The number of carbonyl (C=O) groups is 1. The molecule has 1 saturated carbocycles. The van der Waals surface area contributed by atoms with Crippen LogP contribution in [0.1, 0.15) is 54.8 Å². The van der Waals surface area contributed by atoms with Gasteiger partial charge in [-0.3, -0.25) is 4.79 Å². The highest BCUT2D eigenvalue weighted by Crippen LogP contribution is 2.49. The van der Waals surface area contributed by atoms with Crippen LogP contribution in [0.15, 0.2) is 51.7 Å². The summed E-state index contributed by atoms with van der Waals surface area (Å²) in [6.45, 7) is 3.95. The Morgan fingerprint density at radius 2 is 1.91 bits per heavy atom. The standard InChI is InChI=1S/C28H30ClNO5/c1-17-18(2)27(32)35-24-15-21(10-11-22(17)24)34-16-25(31)30-14-13-28(33)12-4-3-5-23(28)26(30)19-6-8-20(29)9-7-19/h6-11,15,23,26,33H,3-5,12-14,16H2,1-2H3/t23-,26+,28+/m1/s1. The van der Waals surface area contributed by atoms with Gasteiger partial charge in [0.1, 0.15) is 11.3 Å². The first-order valence-corrected chi connectivity index (χ1v) is 12.6. The van der Waals surface area contributed by atoms with Crippen LogP contribution in [0, 0.1) is 19.8 Å². The van der Waals surface area contributed by atoms with Crippen molar-refractivity contribution in [3.8, 4) is 5.75 Å². The maximum Gasteiger partial charge on any atom is 0.339 e. The zero-order valence-corrected chi connectivity index (χ0v) is 20.8. The first-order valence-electron chi connectivity index (χ1n) is 12.2. The van der Waals surface area contributed by atoms with Gasteiger partial charge in [0.15, 0.2) is 6.61 Å². The van der Waals surface area contributed by atoms with E-state index in [0.29, 0.717) is 34.9 Å². The van der Waals surface area contributed by atoms with E-state index in [2.05, 4.69) is 0 Å². The van der Waals surface area contributed by atoms with E-state index in [1.165, 1.54) is 0 Å². The molecular weight excluding hydrogens is 466 g/mol. The largest absolute Gasteiger partial charge is 0.484 e. The second-order valence-corrected chi connectivity index (χ2v) is 10.3. The molecule has 0 radical (unpaired) electrons. The summed E-state index contributed by atoms with van der Waals surface area (Å²) in [5.74, 6) is 0.293. The highest BCUT2D eigenvalue weighted by atomic mass is 35.5. The molecule has 5 rings (SSSR count). The number of amides is 1. The van der Waals surface area contributed by atoms with E-state index in [9.17, 15) is 14.7 Å². The summed E-state index contributed by atoms with van der Waals surface area (Å²) in [6.07, 6.45) is 4.25. The number of rotatable bonds is 4. The zero-order valence-electron chi connectivity index (χ0n) is 20.1. The molecule has 1 aromatic heterocycles. The van der Waals surface area contributed by atoms with Crippen LogP contribution in [0.3, 0.4) is 0 Å². The quantitative estimate of drug-likeness (QED) is 0.494. The van der Waals surface area contributed by atoms with Crippen LogP contribution in [-0.2, 0) is 4.79 Å². The summed E-state index contributed by atoms with van der Waals surface area (Å²) < 4.78 is 11.3. The molecule has 0 bridgehead atoms. The molecule has 1 aliphatic carbocycles. The number of hydrogen-bond acceptors (Lipinski definition) is 5. The van der Waals surface area contributed by atoms with Crippen molar-refractivity contribution in [2.45, 2.75) is 57.6 Å². The topological polar surface area (TPSA) is 80.0 Å². The minimum absolute atomic E-state index is 0.0312. The molecule has 184 valence electrons. The average molecular weight is 496 g/mol. The number of carbonyl (C=O) groups excluding carboxylic acids is 1. The minimum atomic E-state index is -0.758. The van der Waals surface area contributed by atoms with Gasteiger partial charge in [-0.25, -0.2) is 4.79 Å². The normalized spacial score (nSPS) is 24.3. The molecule has 2 fully saturated rings. The molecule has 1 N–H and O–H groups in total. The predicted molar refractivity (Wildman–Crippen MR) is 135 cm³/mol. The smallest absolute Gasteiger partial charge is 0.339 e. The molecule has 1 aliphatic heterocycles. The summed E-state index contributed by atoms with van der Waals surface area (Å²) in [7, 11) is 0. The summed E-state index contributed by atoms with van der Waals surface area (Å²) in [6, 6.07) is 12.6. The van der Waals surface area contributed by atoms with Crippen LogP contribution in [0.4, 0.5) is 0 Å². The zero-order chi connectivity index (χ0) is 24.7. The highest BCUT2D eigenvalue weighted by Gasteiger charge is 2.50. The number of benzene rings is 2. The number of aliphatic hydroxyl groups is 1. The van der Waals surface area contributed by atoms with Gasteiger partial charge in [0, 0.05) is 34.5 Å². The van der Waals surface area contributed by atoms with Crippen molar-refractivity contribution in [1.29, 1.82) is 0 Å². The van der Waals surface area contributed by atoms with Crippen molar-refractivity contribution in [2.75, 3.05) is 13.2 Å². The fraction of sp³-hybridized carbons (Fsp3) is 0.429. The summed E-state index contributed by atoms with van der Waals surface area (Å²) >= 11 is 6.12. The number of ether oxygens (including phenoxy) is 1. The van der Waals surface area contributed by atoms with Gasteiger partial charge in [-0.15, -0.1) is 0 Å². The fourth-order valence-corrected chi connectivity index (χ4v) is 5.91. The number of likely N-dealkylation sites (tertiary alicyclic amines) is 1. The van der Waals surface area contributed by atoms with Gasteiger partial charge in [0.2, 0.25) is 0 Å². The van der Waals surface area contributed by atoms with Crippen molar-refractivity contribution in [3.63, 3.8) is 0 Å². The maximum absolute atomic E-state index is 13.4. The summed E-state index contributed by atoms with van der Waals surface area (Å²) in [4.78, 5) is 27.4. The van der Waals surface area contributed by atoms with Crippen molar-refractivity contribution in [1.82, 2.24) is 4.90 Å². The molecule has 0 spiro atoms. The second kappa shape index (κ2) is 9.32. The molecule has 7 heteroatoms. The lowest BCUT2D eigenvalue weighted by molar-refractivity contribution is -0.157. The molecule has 2 aromatic carbocycles. The molecule has 3 aromatic rings. The van der Waals surface area contributed by atoms with Crippen LogP contribution in [0.2, 0.25) is 5.02 Å². The Kier molecular flexibility index (Phi) is 6.36. The van der Waals surface area contributed by atoms with E-state index < -0.39 is 5.60 Å². The van der Waals surface area contributed by atoms with Crippen LogP contribution in [0.5, 0.6) is 5.75 Å². The average Bonchev–Trinajstić information content (AvgIpc) is 2.85. The number of piperidine rings is 1. The highest BCUT2D eigenvalue weighted by molar-refractivity contribution is 6.30. The Bertz CT molecular complexity index is 1320. The Labute approximate surface area is 209 Å². The third kappa shape index (κ3) is 4.45. The van der Waals surface area contributed by atoms with Crippen LogP contribution >= 0.6 is 11.6 Å². The maximum atomic E-state index is 13.4. The lowest BCUT2D eigenvalue weighted by Crippen LogP contribution is -2.56. The molecule has 2 aliphatic rings. The monoisotopic (exact) mass is 495 g/mol. The summed E-state index contributed by atoms with van der Waals surface area (Å²) in [5.41, 5.74) is 1.74. The van der Waals surface area contributed by atoms with Gasteiger partial charge in [-0.05, 0) is 68.5 Å². The molecular formula is C28H30ClNO5. The number of halogens is 1. The first kappa shape index (κ1) is 23.9. The van der Waals surface area contributed by atoms with Crippen LogP contribution in [0.25, 0.3) is 11.0 Å². The molecule has 1 amide bonds. The number of nitrogens with zero attached hydrogens (tertiary/aromatic N) is 1. The predicted octanol–water partition coefficient (Wildman–Crippen LogP) is 5.34. The van der Waals surface area contributed by atoms with Crippen LogP contribution in [-0.4, -0.2) is 34.7 Å². The van der Waals surface area contributed by atoms with E-state index >= 15 is 0 Å². The van der Waals surface area contributed by atoms with Crippen molar-refractivity contribution < 1.29 is 19.1 Å². The molecule has 0 unspecified atom stereocenters. The van der Waals surface area contributed by atoms with Gasteiger partial charge < -0.3 is 19.2 Å². The van der Waals surface area contributed by atoms with Crippen molar-refractivity contribution in [3.05, 3.63) is 74.6 Å². The second-order valence-electron chi connectivity index (χ2n) is 9.88. The van der Waals surface area contributed by atoms with E-state index in [0.717, 1.165) is 42.2 Å². The van der Waals surface area contributed by atoms with Gasteiger partial charge in [-0.1, -0.05) is 36.6 Å². The lowest BCUT2D eigenvalue weighted by atomic mass is 9.66. The Morgan fingerprint density at radius 1 is 1.14 bits per heavy atom. The first-order chi connectivity index (χ1) is 16.8. The summed E-state index contributed by atoms with van der Waals surface area (Å²) in [5, 5.41) is 12.9. The third-order valence-electron chi connectivity index (χ3n) is 7.89. The number of aryl methyl sites for hydroxylation is 1. The van der Waals surface area contributed by atoms with E-state index in [1.807, 2.05) is 42.2 Å². The lowest BCUT2D eigenvalue weighted by Gasteiger charge is -2.52. The van der Waals surface area contributed by atoms with Gasteiger partial charge >= 0.3 is 5.63 Å². The molecule has 35 heavy (non-hydrogen) atoms. The number of hydrogen-bond donors (Lipinski definition) is 1. The number of fused-ring (bicyclic) bond motifs is 2. The third-order valence-corrected chi connectivity index (χ3v) is 8.14. The van der Waals surface area contributed by atoms with E-state index in [-0.39, 0.29) is 30.1 Å². The Hall–Kier alpha value is -2.83. The molecule has 6 nitrogen and oxygen atoms in total. The molecule has 3 atom stereocenters. The van der Waals surface area contributed by atoms with E-state index in [1.54, 1.807) is 19.1 Å². The van der Waals surface area contributed by atoms with Gasteiger partial charge in [-0.2, -0.15) is 0 Å². The van der Waals surface area contributed by atoms with Crippen LogP contribution < -0.4 is 10.4 Å². The molecule has 1 saturated heterocycles. The molecule has 2 heterocycles. The van der Waals surface area contributed by atoms with Crippen molar-refractivity contribution >= 4 is 28.5 Å².